The first kappa shape index (κ1) is 13.2. The number of carbonyl (C=O) groups excluding carboxylic acids is 1. The summed E-state index contributed by atoms with van der Waals surface area (Å²) < 4.78 is 0. The van der Waals surface area contributed by atoms with Gasteiger partial charge in [-0.1, -0.05) is 48.5 Å². The number of aliphatic hydroxyl groups excluding tert-OH is 1. The first-order valence-electron chi connectivity index (χ1n) is 7.30. The van der Waals surface area contributed by atoms with E-state index in [1.165, 1.54) is 0 Å². The fourth-order valence-corrected chi connectivity index (χ4v) is 3.38. The van der Waals surface area contributed by atoms with Gasteiger partial charge in [0.05, 0.1) is 5.69 Å². The van der Waals surface area contributed by atoms with E-state index in [0.29, 0.717) is 12.2 Å². The Bertz CT molecular complexity index is 855. The lowest BCUT2D eigenvalue weighted by Crippen LogP contribution is -2.44. The van der Waals surface area contributed by atoms with Crippen molar-refractivity contribution in [3.63, 3.8) is 0 Å². The zero-order valence-corrected chi connectivity index (χ0v) is 11.9. The number of carbonyl (C=O) groups is 1. The minimum atomic E-state index is -1.11. The van der Waals surface area contributed by atoms with Crippen molar-refractivity contribution in [3.8, 4) is 0 Å². The predicted octanol–water partition coefficient (Wildman–Crippen LogP) is 2.40. The molecule has 1 aliphatic heterocycles. The quantitative estimate of drug-likeness (QED) is 0.649. The molecule has 2 aromatic carbocycles. The molecule has 0 saturated heterocycles. The number of rotatable bonds is 3. The van der Waals surface area contributed by atoms with Gasteiger partial charge in [0.1, 0.15) is 17.9 Å². The Kier molecular flexibility index (Phi) is 2.89. The molecule has 0 saturated carbocycles. The molecule has 2 heterocycles. The lowest BCUT2D eigenvalue weighted by atomic mass is 9.84. The molecule has 110 valence electrons. The van der Waals surface area contributed by atoms with Gasteiger partial charge in [0.15, 0.2) is 0 Å². The van der Waals surface area contributed by atoms with Crippen LogP contribution in [0.4, 0.5) is 0 Å². The van der Waals surface area contributed by atoms with Crippen LogP contribution in [-0.2, 0) is 16.9 Å². The molecule has 4 heteroatoms. The van der Waals surface area contributed by atoms with Gasteiger partial charge in [-0.2, -0.15) is 0 Å². The third-order valence-electron chi connectivity index (χ3n) is 4.56. The van der Waals surface area contributed by atoms with Crippen LogP contribution in [0.1, 0.15) is 22.9 Å². The fraction of sp³-hybridized carbons (Fsp3) is 0.167. The van der Waals surface area contributed by atoms with E-state index >= 15 is 0 Å². The number of aromatic amines is 1. The van der Waals surface area contributed by atoms with Gasteiger partial charge in [0, 0.05) is 18.1 Å². The number of hydrogen-bond donors (Lipinski definition) is 3. The topological polar surface area (TPSA) is 65.1 Å². The summed E-state index contributed by atoms with van der Waals surface area (Å²) in [5, 5.41) is 16.1. The molecule has 0 aliphatic carbocycles. The van der Waals surface area contributed by atoms with Gasteiger partial charge < -0.3 is 14.9 Å². The normalized spacial score (nSPS) is 21.7. The number of hydrogen-bond acceptors (Lipinski definition) is 3. The van der Waals surface area contributed by atoms with Crippen molar-refractivity contribution < 1.29 is 9.90 Å². The van der Waals surface area contributed by atoms with Crippen LogP contribution in [0.2, 0.25) is 0 Å². The van der Waals surface area contributed by atoms with E-state index in [9.17, 15) is 9.90 Å². The van der Waals surface area contributed by atoms with Crippen LogP contribution in [0.5, 0.6) is 0 Å². The lowest BCUT2D eigenvalue weighted by Gasteiger charge is -2.30. The highest BCUT2D eigenvalue weighted by Crippen LogP contribution is 2.41. The highest BCUT2D eigenvalue weighted by molar-refractivity contribution is 5.86. The largest absolute Gasteiger partial charge is 0.384 e. The van der Waals surface area contributed by atoms with Gasteiger partial charge in [0.2, 0.25) is 0 Å². The average molecular weight is 292 g/mol. The molecular formula is C18H16N2O2. The molecule has 4 rings (SSSR count). The van der Waals surface area contributed by atoms with Gasteiger partial charge in [-0.15, -0.1) is 0 Å². The van der Waals surface area contributed by atoms with Crippen molar-refractivity contribution in [2.45, 2.75) is 18.2 Å². The van der Waals surface area contributed by atoms with Crippen LogP contribution in [0.25, 0.3) is 10.8 Å². The average Bonchev–Trinajstić information content (AvgIpc) is 3.17. The highest BCUT2D eigenvalue weighted by atomic mass is 16.3. The van der Waals surface area contributed by atoms with E-state index in [4.69, 9.17) is 0 Å². The summed E-state index contributed by atoms with van der Waals surface area (Å²) in [4.78, 5) is 15.1. The minimum absolute atomic E-state index is 0.574. The third kappa shape index (κ3) is 1.68. The summed E-state index contributed by atoms with van der Waals surface area (Å²) in [5.74, 6) is 0. The zero-order chi connectivity index (χ0) is 15.2. The van der Waals surface area contributed by atoms with Crippen LogP contribution < -0.4 is 5.32 Å². The summed E-state index contributed by atoms with van der Waals surface area (Å²) in [7, 11) is 0. The minimum Gasteiger partial charge on any atom is -0.384 e. The Morgan fingerprint density at radius 1 is 1.14 bits per heavy atom. The Morgan fingerprint density at radius 2 is 1.91 bits per heavy atom. The van der Waals surface area contributed by atoms with Crippen LogP contribution in [-0.4, -0.2) is 16.4 Å². The first-order valence-corrected chi connectivity index (χ1v) is 7.30. The van der Waals surface area contributed by atoms with Crippen LogP contribution in [0.15, 0.2) is 54.7 Å². The van der Waals surface area contributed by atoms with Crippen molar-refractivity contribution in [2.75, 3.05) is 0 Å². The second-order valence-corrected chi connectivity index (χ2v) is 5.69. The molecule has 0 radical (unpaired) electrons. The van der Waals surface area contributed by atoms with E-state index in [2.05, 4.69) is 10.3 Å². The number of aromatic nitrogens is 1. The highest BCUT2D eigenvalue weighted by Gasteiger charge is 2.46. The van der Waals surface area contributed by atoms with E-state index in [1.807, 2.05) is 54.7 Å². The molecular weight excluding hydrogens is 276 g/mol. The monoisotopic (exact) mass is 292 g/mol. The second-order valence-electron chi connectivity index (χ2n) is 5.69. The van der Waals surface area contributed by atoms with Crippen LogP contribution in [0.3, 0.4) is 0 Å². The first-order chi connectivity index (χ1) is 10.8. The maximum atomic E-state index is 11.9. The molecule has 4 nitrogen and oxygen atoms in total. The molecule has 0 fully saturated rings. The molecule has 3 aromatic rings. The number of fused-ring (bicyclic) bond motifs is 2. The maximum absolute atomic E-state index is 11.9. The second kappa shape index (κ2) is 4.80. The predicted molar refractivity (Wildman–Crippen MR) is 84.3 cm³/mol. The number of benzene rings is 2. The van der Waals surface area contributed by atoms with Crippen LogP contribution in [0, 0.1) is 0 Å². The number of H-pyrrole nitrogens is 1. The van der Waals surface area contributed by atoms with E-state index in [1.54, 1.807) is 0 Å². The molecule has 1 aromatic heterocycles. The smallest absolute Gasteiger partial charge is 0.147 e. The van der Waals surface area contributed by atoms with Gasteiger partial charge in [0.25, 0.3) is 0 Å². The molecule has 2 unspecified atom stereocenters. The number of aldehydes is 1. The van der Waals surface area contributed by atoms with Crippen molar-refractivity contribution >= 4 is 17.1 Å². The summed E-state index contributed by atoms with van der Waals surface area (Å²) >= 11 is 0. The standard InChI is InChI=1S/C18H16N2O2/c21-11-18(15-8-4-2-6-13(15)10-20-18)17(22)16-14-7-3-1-5-12(14)9-19-16/h1-9,11,17,19-20,22H,10H2. The Hall–Kier alpha value is -2.43. The fourth-order valence-electron chi connectivity index (χ4n) is 3.38. The lowest BCUT2D eigenvalue weighted by molar-refractivity contribution is -0.118. The molecule has 0 amide bonds. The Balaban J connectivity index is 1.88. The van der Waals surface area contributed by atoms with E-state index < -0.39 is 11.6 Å². The van der Waals surface area contributed by atoms with Gasteiger partial charge >= 0.3 is 0 Å². The van der Waals surface area contributed by atoms with Crippen LogP contribution >= 0.6 is 0 Å². The Labute approximate surface area is 127 Å². The van der Waals surface area contributed by atoms with Crippen molar-refractivity contribution in [3.05, 3.63) is 71.5 Å². The summed E-state index contributed by atoms with van der Waals surface area (Å²) in [6, 6.07) is 15.5. The van der Waals surface area contributed by atoms with Gasteiger partial charge in [-0.3, -0.25) is 5.32 Å². The van der Waals surface area contributed by atoms with Crippen molar-refractivity contribution in [2.24, 2.45) is 0 Å². The SMILES string of the molecule is O=CC1(C(O)c2[nH]cc3ccccc23)NCc2ccccc21. The third-order valence-corrected chi connectivity index (χ3v) is 4.56. The molecule has 1 aliphatic rings. The zero-order valence-electron chi connectivity index (χ0n) is 11.9. The van der Waals surface area contributed by atoms with Crippen molar-refractivity contribution in [1.82, 2.24) is 10.3 Å². The number of nitrogens with one attached hydrogen (secondary N) is 2. The number of aliphatic hydroxyl groups is 1. The molecule has 0 bridgehead atoms. The van der Waals surface area contributed by atoms with E-state index in [0.717, 1.165) is 28.2 Å². The molecule has 0 spiro atoms. The molecule has 2 atom stereocenters. The van der Waals surface area contributed by atoms with Crippen molar-refractivity contribution in [1.29, 1.82) is 0 Å². The summed E-state index contributed by atoms with van der Waals surface area (Å²) in [6.45, 7) is 0.574. The van der Waals surface area contributed by atoms with Gasteiger partial charge in [-0.05, 0) is 16.5 Å². The van der Waals surface area contributed by atoms with Gasteiger partial charge in [-0.25, -0.2) is 0 Å². The molecule has 3 N–H and O–H groups in total. The maximum Gasteiger partial charge on any atom is 0.147 e. The van der Waals surface area contributed by atoms with E-state index in [-0.39, 0.29) is 0 Å². The molecule has 22 heavy (non-hydrogen) atoms. The summed E-state index contributed by atoms with van der Waals surface area (Å²) in [5.41, 5.74) is 1.44. The summed E-state index contributed by atoms with van der Waals surface area (Å²) in [6.07, 6.45) is 1.69. The Morgan fingerprint density at radius 3 is 2.77 bits per heavy atom.